The molecule has 0 spiro atoms. The number of unbranched alkanes of at least 4 members (excludes halogenated alkanes) is 33. The maximum atomic E-state index is 13.9. The molecule has 0 saturated carbocycles. The molecule has 1 rings (SSSR count). The Kier molecular flexibility index (Phi) is 47.4. The minimum atomic E-state index is -0.739. The highest BCUT2D eigenvalue weighted by Gasteiger charge is 2.25. The first-order valence-corrected chi connectivity index (χ1v) is 29.7. The van der Waals surface area contributed by atoms with Gasteiger partial charge in [0.2, 0.25) is 5.91 Å². The predicted molar refractivity (Wildman–Crippen MR) is 298 cm³/mol. The smallest absolute Gasteiger partial charge is 0.306 e. The SMILES string of the molecule is CCCCCCCCC=CCCCCCCCC(=O)OC[C@H](CN(C(=O)CCCCCCCC=CCCCCCCCC)c1ccccc1)OC(=O)CCCCCCCC=CCCCCCCCC. The van der Waals surface area contributed by atoms with Crippen molar-refractivity contribution in [2.75, 3.05) is 18.1 Å². The second-order valence-electron chi connectivity index (χ2n) is 20.1. The van der Waals surface area contributed by atoms with Gasteiger partial charge in [0.05, 0.1) is 6.54 Å². The van der Waals surface area contributed by atoms with Crippen molar-refractivity contribution in [3.63, 3.8) is 0 Å². The van der Waals surface area contributed by atoms with Crippen LogP contribution < -0.4 is 4.90 Å². The van der Waals surface area contributed by atoms with Gasteiger partial charge in [0.1, 0.15) is 6.61 Å². The van der Waals surface area contributed by atoms with E-state index in [-0.39, 0.29) is 31.0 Å². The van der Waals surface area contributed by atoms with Crippen molar-refractivity contribution in [1.82, 2.24) is 0 Å². The van der Waals surface area contributed by atoms with Gasteiger partial charge in [-0.1, -0.05) is 230 Å². The van der Waals surface area contributed by atoms with Gasteiger partial charge in [-0.3, -0.25) is 14.4 Å². The molecule has 0 aliphatic heterocycles. The standard InChI is InChI=1S/C63H109NO5/c1-4-7-10-13-16-19-22-25-28-31-34-37-40-43-49-54-61(65)64(59-52-47-46-48-53-59)57-60(69-63(67)56-51-45-42-39-36-33-30-27-24-21-18-15-12-9-6-3)58-68-62(66)55-50-44-41-38-35-32-29-26-23-20-17-14-11-8-5-2/h25-30,46-48,52-53,60H,4-24,31-45,49-51,54-58H2,1-3H3/t60-/m0/s1. The Hall–Kier alpha value is -3.15. The lowest BCUT2D eigenvalue weighted by Crippen LogP contribution is -2.41. The summed E-state index contributed by atoms with van der Waals surface area (Å²) in [5.41, 5.74) is 0.771. The molecule has 0 aliphatic carbocycles. The Morgan fingerprint density at radius 3 is 1.10 bits per heavy atom. The Bertz CT molecular complexity index is 1370. The van der Waals surface area contributed by atoms with Gasteiger partial charge in [0, 0.05) is 24.9 Å². The topological polar surface area (TPSA) is 72.9 Å². The lowest BCUT2D eigenvalue weighted by molar-refractivity contribution is -0.158. The van der Waals surface area contributed by atoms with E-state index >= 15 is 0 Å². The number of hydrogen-bond acceptors (Lipinski definition) is 5. The maximum absolute atomic E-state index is 13.9. The van der Waals surface area contributed by atoms with Crippen LogP contribution in [0.25, 0.3) is 0 Å². The fourth-order valence-corrected chi connectivity index (χ4v) is 8.95. The molecule has 1 amide bonds. The van der Waals surface area contributed by atoms with Crippen LogP contribution >= 0.6 is 0 Å². The molecule has 6 nitrogen and oxygen atoms in total. The summed E-state index contributed by atoms with van der Waals surface area (Å²) in [5, 5.41) is 0. The highest BCUT2D eigenvalue weighted by Crippen LogP contribution is 2.20. The van der Waals surface area contributed by atoms with Gasteiger partial charge < -0.3 is 14.4 Å². The number of carbonyl (C=O) groups is 3. The van der Waals surface area contributed by atoms with Gasteiger partial charge in [-0.25, -0.2) is 0 Å². The number of ether oxygens (including phenoxy) is 2. The molecule has 0 fully saturated rings. The van der Waals surface area contributed by atoms with Crippen molar-refractivity contribution in [2.45, 2.75) is 297 Å². The van der Waals surface area contributed by atoms with Crippen molar-refractivity contribution in [1.29, 1.82) is 0 Å². The van der Waals surface area contributed by atoms with Crippen LogP contribution in [-0.2, 0) is 23.9 Å². The van der Waals surface area contributed by atoms with E-state index < -0.39 is 6.10 Å². The van der Waals surface area contributed by atoms with Crippen molar-refractivity contribution < 1.29 is 23.9 Å². The summed E-state index contributed by atoms with van der Waals surface area (Å²) in [6.07, 6.45) is 61.4. The maximum Gasteiger partial charge on any atom is 0.306 e. The average molecular weight is 961 g/mol. The zero-order valence-electron chi connectivity index (χ0n) is 45.5. The van der Waals surface area contributed by atoms with E-state index in [0.29, 0.717) is 19.3 Å². The Labute approximate surface area is 427 Å². The number of nitrogens with zero attached hydrogens (tertiary/aromatic N) is 1. The van der Waals surface area contributed by atoms with Crippen molar-refractivity contribution in [3.8, 4) is 0 Å². The number of allylic oxidation sites excluding steroid dienone is 6. The van der Waals surface area contributed by atoms with Gasteiger partial charge >= 0.3 is 11.9 Å². The first-order chi connectivity index (χ1) is 34.0. The largest absolute Gasteiger partial charge is 0.462 e. The molecule has 0 aliphatic rings. The molecule has 69 heavy (non-hydrogen) atoms. The first-order valence-electron chi connectivity index (χ1n) is 29.7. The molecule has 396 valence electrons. The lowest BCUT2D eigenvalue weighted by atomic mass is 10.1. The summed E-state index contributed by atoms with van der Waals surface area (Å²) in [4.78, 5) is 41.9. The lowest BCUT2D eigenvalue weighted by Gasteiger charge is -2.28. The van der Waals surface area contributed by atoms with Crippen molar-refractivity contribution in [2.24, 2.45) is 0 Å². The Balaban J connectivity index is 2.60. The van der Waals surface area contributed by atoms with E-state index in [1.807, 2.05) is 30.3 Å². The van der Waals surface area contributed by atoms with E-state index in [4.69, 9.17) is 9.47 Å². The Morgan fingerprint density at radius 1 is 0.406 bits per heavy atom. The summed E-state index contributed by atoms with van der Waals surface area (Å²) in [5.74, 6) is -0.544. The third-order valence-electron chi connectivity index (χ3n) is 13.4. The van der Waals surface area contributed by atoms with E-state index in [9.17, 15) is 14.4 Å². The number of anilines is 1. The highest BCUT2D eigenvalue weighted by atomic mass is 16.6. The molecule has 0 aromatic heterocycles. The van der Waals surface area contributed by atoms with Gasteiger partial charge in [0.15, 0.2) is 6.10 Å². The molecule has 0 heterocycles. The van der Waals surface area contributed by atoms with Crippen molar-refractivity contribution in [3.05, 3.63) is 66.8 Å². The van der Waals surface area contributed by atoms with Crippen LogP contribution in [0.15, 0.2) is 66.8 Å². The molecular formula is C63H109NO5. The molecule has 1 aromatic rings. The zero-order chi connectivity index (χ0) is 49.8. The van der Waals surface area contributed by atoms with E-state index in [0.717, 1.165) is 89.2 Å². The van der Waals surface area contributed by atoms with Crippen LogP contribution in [0.4, 0.5) is 5.69 Å². The fraction of sp³-hybridized carbons (Fsp3) is 0.762. The van der Waals surface area contributed by atoms with Gasteiger partial charge in [-0.2, -0.15) is 0 Å². The number of hydrogen-bond donors (Lipinski definition) is 0. The zero-order valence-corrected chi connectivity index (χ0v) is 45.5. The third kappa shape index (κ3) is 43.4. The summed E-state index contributed by atoms with van der Waals surface area (Å²) in [7, 11) is 0. The number of carbonyl (C=O) groups excluding carboxylic acids is 3. The second kappa shape index (κ2) is 51.2. The molecule has 0 bridgehead atoms. The van der Waals surface area contributed by atoms with E-state index in [2.05, 4.69) is 57.2 Å². The summed E-state index contributed by atoms with van der Waals surface area (Å²) >= 11 is 0. The van der Waals surface area contributed by atoms with Gasteiger partial charge in [0.25, 0.3) is 0 Å². The average Bonchev–Trinajstić information content (AvgIpc) is 3.36. The summed E-state index contributed by atoms with van der Waals surface area (Å²) in [6, 6.07) is 9.67. The quantitative estimate of drug-likeness (QED) is 0.0369. The minimum Gasteiger partial charge on any atom is -0.462 e. The second-order valence-corrected chi connectivity index (χ2v) is 20.1. The summed E-state index contributed by atoms with van der Waals surface area (Å²) in [6.45, 7) is 6.91. The number of rotatable bonds is 51. The number of amides is 1. The first kappa shape index (κ1) is 63.9. The third-order valence-corrected chi connectivity index (χ3v) is 13.4. The van der Waals surface area contributed by atoms with Crippen LogP contribution in [0.1, 0.15) is 290 Å². The van der Waals surface area contributed by atoms with Crippen LogP contribution in [0, 0.1) is 0 Å². The molecule has 0 N–H and O–H groups in total. The molecular weight excluding hydrogens is 851 g/mol. The predicted octanol–water partition coefficient (Wildman–Crippen LogP) is 19.6. The monoisotopic (exact) mass is 960 g/mol. The van der Waals surface area contributed by atoms with Crippen LogP contribution in [0.2, 0.25) is 0 Å². The van der Waals surface area contributed by atoms with E-state index in [1.165, 1.54) is 167 Å². The molecule has 0 saturated heterocycles. The molecule has 0 radical (unpaired) electrons. The van der Waals surface area contributed by atoms with Gasteiger partial charge in [-0.05, 0) is 108 Å². The van der Waals surface area contributed by atoms with Crippen LogP contribution in [0.5, 0.6) is 0 Å². The summed E-state index contributed by atoms with van der Waals surface area (Å²) < 4.78 is 11.8. The normalized spacial score (nSPS) is 12.2. The van der Waals surface area contributed by atoms with Gasteiger partial charge in [-0.15, -0.1) is 0 Å². The van der Waals surface area contributed by atoms with E-state index in [1.54, 1.807) is 4.90 Å². The fourth-order valence-electron chi connectivity index (χ4n) is 8.95. The van der Waals surface area contributed by atoms with Crippen LogP contribution in [-0.4, -0.2) is 37.1 Å². The number of benzene rings is 1. The minimum absolute atomic E-state index is 0.0109. The molecule has 1 atom stereocenters. The number of para-hydroxylation sites is 1. The number of esters is 2. The molecule has 0 unspecified atom stereocenters. The Morgan fingerprint density at radius 2 is 0.725 bits per heavy atom. The van der Waals surface area contributed by atoms with Crippen molar-refractivity contribution >= 4 is 23.5 Å². The molecule has 6 heteroatoms. The van der Waals surface area contributed by atoms with Crippen LogP contribution in [0.3, 0.4) is 0 Å². The molecule has 1 aromatic carbocycles. The highest BCUT2D eigenvalue weighted by molar-refractivity contribution is 5.93.